The minimum atomic E-state index is -4.61. The number of nitrogens with zero attached hydrogens (tertiary/aromatic N) is 3. The van der Waals surface area contributed by atoms with Crippen LogP contribution < -0.4 is 9.62 Å². The number of hydrogen-bond donors (Lipinski definition) is 1. The fourth-order valence-electron chi connectivity index (χ4n) is 3.81. The number of sulfonamides is 1. The number of anilines is 2. The molecule has 3 rings (SSSR count). The highest BCUT2D eigenvalue weighted by molar-refractivity contribution is 7.92. The first-order chi connectivity index (χ1) is 16.1. The van der Waals surface area contributed by atoms with Crippen molar-refractivity contribution in [2.24, 2.45) is 0 Å². The second-order valence-corrected chi connectivity index (χ2v) is 10.0. The summed E-state index contributed by atoms with van der Waals surface area (Å²) in [7, 11) is -3.51. The van der Waals surface area contributed by atoms with Crippen LogP contribution in [0.4, 0.5) is 24.8 Å². The zero-order valence-electron chi connectivity index (χ0n) is 19.0. The maximum Gasteiger partial charge on any atom is 0.417 e. The van der Waals surface area contributed by atoms with Crippen molar-refractivity contribution in [1.82, 2.24) is 9.88 Å². The van der Waals surface area contributed by atoms with Crippen molar-refractivity contribution in [1.29, 1.82) is 0 Å². The maximum atomic E-state index is 13.3. The number of aromatic nitrogens is 1. The van der Waals surface area contributed by atoms with E-state index in [9.17, 15) is 26.4 Å². The predicted octanol–water partition coefficient (Wildman–Crippen LogP) is 4.38. The van der Waals surface area contributed by atoms with E-state index in [-0.39, 0.29) is 30.2 Å². The van der Waals surface area contributed by atoms with Crippen LogP contribution in [0.5, 0.6) is 0 Å². The largest absolute Gasteiger partial charge is 0.417 e. The van der Waals surface area contributed by atoms with E-state index >= 15 is 0 Å². The first kappa shape index (κ1) is 25.8. The van der Waals surface area contributed by atoms with Crippen LogP contribution in [0, 0.1) is 0 Å². The van der Waals surface area contributed by atoms with Gasteiger partial charge in [-0.2, -0.15) is 13.2 Å². The Morgan fingerprint density at radius 2 is 1.71 bits per heavy atom. The SMILES string of the molecule is CCCCCCS(=O)(=O)Nc1cccc(N2CCN(C(=O)c3ccccc3C(F)(F)F)CC2)n1. The summed E-state index contributed by atoms with van der Waals surface area (Å²) in [6, 6.07) is 9.76. The van der Waals surface area contributed by atoms with E-state index in [0.29, 0.717) is 25.3 Å². The van der Waals surface area contributed by atoms with Crippen molar-refractivity contribution in [3.63, 3.8) is 0 Å². The molecule has 1 aromatic heterocycles. The highest BCUT2D eigenvalue weighted by Gasteiger charge is 2.36. The highest BCUT2D eigenvalue weighted by atomic mass is 32.2. The molecule has 11 heteroatoms. The fourth-order valence-corrected chi connectivity index (χ4v) is 4.93. The highest BCUT2D eigenvalue weighted by Crippen LogP contribution is 2.32. The zero-order valence-corrected chi connectivity index (χ0v) is 19.8. The second kappa shape index (κ2) is 11.1. The Kier molecular flexibility index (Phi) is 8.40. The molecule has 34 heavy (non-hydrogen) atoms. The third-order valence-electron chi connectivity index (χ3n) is 5.61. The number of nitrogens with one attached hydrogen (secondary N) is 1. The third-order valence-corrected chi connectivity index (χ3v) is 6.96. The molecule has 1 aliphatic rings. The number of carbonyl (C=O) groups is 1. The molecule has 1 aromatic carbocycles. The van der Waals surface area contributed by atoms with Crippen molar-refractivity contribution >= 4 is 27.6 Å². The van der Waals surface area contributed by atoms with Gasteiger partial charge in [0.25, 0.3) is 5.91 Å². The van der Waals surface area contributed by atoms with Gasteiger partial charge in [0.05, 0.1) is 16.9 Å². The van der Waals surface area contributed by atoms with Crippen molar-refractivity contribution in [2.75, 3.05) is 41.6 Å². The van der Waals surface area contributed by atoms with E-state index in [1.54, 1.807) is 18.2 Å². The molecule has 0 bridgehead atoms. The summed E-state index contributed by atoms with van der Waals surface area (Å²) < 4.78 is 67.0. The van der Waals surface area contributed by atoms with Gasteiger partial charge in [-0.25, -0.2) is 13.4 Å². The Morgan fingerprint density at radius 1 is 1.00 bits per heavy atom. The minimum Gasteiger partial charge on any atom is -0.353 e. The van der Waals surface area contributed by atoms with Crippen molar-refractivity contribution in [3.05, 3.63) is 53.6 Å². The Labute approximate surface area is 198 Å². The van der Waals surface area contributed by atoms with Gasteiger partial charge in [0.2, 0.25) is 10.0 Å². The number of benzene rings is 1. The van der Waals surface area contributed by atoms with E-state index in [1.165, 1.54) is 23.1 Å². The molecule has 0 saturated carbocycles. The lowest BCUT2D eigenvalue weighted by Crippen LogP contribution is -2.49. The van der Waals surface area contributed by atoms with Crippen molar-refractivity contribution < 1.29 is 26.4 Å². The van der Waals surface area contributed by atoms with Crippen LogP contribution in [0.15, 0.2) is 42.5 Å². The molecule has 2 heterocycles. The van der Waals surface area contributed by atoms with E-state index in [1.807, 2.05) is 4.90 Å². The van der Waals surface area contributed by atoms with E-state index < -0.39 is 27.7 Å². The van der Waals surface area contributed by atoms with E-state index in [4.69, 9.17) is 0 Å². The van der Waals surface area contributed by atoms with E-state index in [2.05, 4.69) is 16.6 Å². The summed E-state index contributed by atoms with van der Waals surface area (Å²) in [5, 5.41) is 0. The Morgan fingerprint density at radius 3 is 2.38 bits per heavy atom. The van der Waals surface area contributed by atoms with Gasteiger partial charge in [-0.15, -0.1) is 0 Å². The molecular weight excluding hydrogens is 469 g/mol. The molecule has 1 saturated heterocycles. The maximum absolute atomic E-state index is 13.3. The van der Waals surface area contributed by atoms with Crippen molar-refractivity contribution in [2.45, 2.75) is 38.8 Å². The molecule has 0 radical (unpaired) electrons. The molecule has 1 fully saturated rings. The number of alkyl halides is 3. The summed E-state index contributed by atoms with van der Waals surface area (Å²) in [5.41, 5.74) is -1.31. The van der Waals surface area contributed by atoms with Crippen LogP contribution in [0.25, 0.3) is 0 Å². The smallest absolute Gasteiger partial charge is 0.353 e. The minimum absolute atomic E-state index is 0.0269. The number of pyridine rings is 1. The first-order valence-corrected chi connectivity index (χ1v) is 12.9. The summed E-state index contributed by atoms with van der Waals surface area (Å²) in [6.07, 6.45) is -1.18. The molecule has 2 aromatic rings. The number of halogens is 3. The molecule has 0 unspecified atom stereocenters. The van der Waals surface area contributed by atoms with Gasteiger partial charge in [-0.05, 0) is 30.7 Å². The molecule has 186 valence electrons. The first-order valence-electron chi connectivity index (χ1n) is 11.3. The van der Waals surface area contributed by atoms with Crippen LogP contribution in [0.1, 0.15) is 48.5 Å². The summed E-state index contributed by atoms with van der Waals surface area (Å²) in [5.74, 6) is 0.115. The molecule has 1 aliphatic heterocycles. The Balaban J connectivity index is 1.61. The predicted molar refractivity (Wildman–Crippen MR) is 125 cm³/mol. The van der Waals surface area contributed by atoms with E-state index in [0.717, 1.165) is 25.3 Å². The van der Waals surface area contributed by atoms with Crippen molar-refractivity contribution in [3.8, 4) is 0 Å². The lowest BCUT2D eigenvalue weighted by Gasteiger charge is -2.35. The quantitative estimate of drug-likeness (QED) is 0.519. The van der Waals surface area contributed by atoms with Gasteiger partial charge < -0.3 is 9.80 Å². The van der Waals surface area contributed by atoms with Gasteiger partial charge in [-0.3, -0.25) is 9.52 Å². The number of hydrogen-bond acceptors (Lipinski definition) is 5. The van der Waals surface area contributed by atoms with Crippen LogP contribution in [-0.2, 0) is 16.2 Å². The van der Waals surface area contributed by atoms with Gasteiger partial charge in [-0.1, -0.05) is 44.4 Å². The molecule has 0 aliphatic carbocycles. The zero-order chi connectivity index (χ0) is 24.8. The van der Waals surface area contributed by atoms with Gasteiger partial charge in [0.15, 0.2) is 0 Å². The van der Waals surface area contributed by atoms with Gasteiger partial charge >= 0.3 is 6.18 Å². The molecular formula is C23H29F3N4O3S. The summed E-state index contributed by atoms with van der Waals surface area (Å²) in [6.45, 7) is 3.22. The fraction of sp³-hybridized carbons (Fsp3) is 0.478. The third kappa shape index (κ3) is 6.85. The molecule has 1 amide bonds. The molecule has 0 atom stereocenters. The monoisotopic (exact) mass is 498 g/mol. The number of unbranched alkanes of at least 4 members (excludes halogenated alkanes) is 3. The number of carbonyl (C=O) groups excluding carboxylic acids is 1. The molecule has 0 spiro atoms. The standard InChI is InChI=1S/C23H29F3N4O3S/c1-2-3-4-7-17-34(32,33)28-20-11-8-12-21(27-20)29-13-15-30(16-14-29)22(31)18-9-5-6-10-19(18)23(24,25)26/h5-6,8-12H,2-4,7,13-17H2,1H3,(H,27,28). The number of rotatable bonds is 9. The molecule has 1 N–H and O–H groups in total. The number of piperazine rings is 1. The summed E-state index contributed by atoms with van der Waals surface area (Å²) >= 11 is 0. The summed E-state index contributed by atoms with van der Waals surface area (Å²) in [4.78, 5) is 20.4. The normalized spacial score (nSPS) is 14.8. The lowest BCUT2D eigenvalue weighted by molar-refractivity contribution is -0.138. The second-order valence-electron chi connectivity index (χ2n) is 8.19. The van der Waals surface area contributed by atoms with Crippen LogP contribution in [-0.4, -0.2) is 56.1 Å². The van der Waals surface area contributed by atoms with Gasteiger partial charge in [0, 0.05) is 26.2 Å². The average Bonchev–Trinajstić information content (AvgIpc) is 2.81. The van der Waals surface area contributed by atoms with Crippen LogP contribution >= 0.6 is 0 Å². The molecule has 7 nitrogen and oxygen atoms in total. The van der Waals surface area contributed by atoms with Crippen LogP contribution in [0.2, 0.25) is 0 Å². The number of amides is 1. The lowest BCUT2D eigenvalue weighted by atomic mass is 10.1. The Bertz CT molecular complexity index is 1080. The van der Waals surface area contributed by atoms with Crippen LogP contribution in [0.3, 0.4) is 0 Å². The Hall–Kier alpha value is -2.82. The van der Waals surface area contributed by atoms with Gasteiger partial charge in [0.1, 0.15) is 11.6 Å². The topological polar surface area (TPSA) is 82.6 Å². The average molecular weight is 499 g/mol.